The molecule has 2 amide bonds. The van der Waals surface area contributed by atoms with Gasteiger partial charge in [-0.15, -0.1) is 0 Å². The Labute approximate surface area is 204 Å². The first-order valence-corrected chi connectivity index (χ1v) is 11.3. The van der Waals surface area contributed by atoms with Crippen LogP contribution in [-0.2, 0) is 4.74 Å². The van der Waals surface area contributed by atoms with Crippen LogP contribution in [0.2, 0.25) is 0 Å². The number of hydrogen-bond donors (Lipinski definition) is 7. The Bertz CT molecular complexity index is 1370. The molecule has 7 N–H and O–H groups in total. The highest BCUT2D eigenvalue weighted by atomic mass is 16.5. The highest BCUT2D eigenvalue weighted by Gasteiger charge is 2.45. The van der Waals surface area contributed by atoms with E-state index >= 15 is 0 Å². The van der Waals surface area contributed by atoms with Gasteiger partial charge in [0.05, 0.1) is 17.8 Å². The summed E-state index contributed by atoms with van der Waals surface area (Å²) in [5.74, 6) is 0.587. The highest BCUT2D eigenvalue weighted by Crippen LogP contribution is 2.34. The van der Waals surface area contributed by atoms with Gasteiger partial charge < -0.3 is 45.3 Å². The molecule has 3 heterocycles. The first-order chi connectivity index (χ1) is 17.4. The Morgan fingerprint density at radius 2 is 1.81 bits per heavy atom. The van der Waals surface area contributed by atoms with Crippen molar-refractivity contribution in [1.29, 1.82) is 0 Å². The molecular weight excluding hydrogens is 470 g/mol. The van der Waals surface area contributed by atoms with Crippen molar-refractivity contribution in [3.8, 4) is 11.3 Å². The zero-order valence-corrected chi connectivity index (χ0v) is 19.1. The topological polar surface area (TPSA) is 186 Å². The maximum atomic E-state index is 12.9. The van der Waals surface area contributed by atoms with Crippen LogP contribution >= 0.6 is 0 Å². The summed E-state index contributed by atoms with van der Waals surface area (Å²) in [4.78, 5) is 20.4. The van der Waals surface area contributed by atoms with Crippen molar-refractivity contribution in [3.05, 3.63) is 60.0 Å². The lowest BCUT2D eigenvalue weighted by Gasteiger charge is -2.39. The third-order valence-corrected chi connectivity index (χ3v) is 6.08. The number of nitrogens with one attached hydrogen (secondary N) is 3. The number of rotatable bonds is 5. The van der Waals surface area contributed by atoms with Crippen LogP contribution < -0.4 is 10.6 Å². The number of nitrogens with zero attached hydrogens (tertiary/aromatic N) is 2. The molecule has 0 unspecified atom stereocenters. The van der Waals surface area contributed by atoms with Crippen LogP contribution in [0.1, 0.15) is 17.6 Å². The number of para-hydroxylation sites is 1. The van der Waals surface area contributed by atoms with Gasteiger partial charge in [0.25, 0.3) is 0 Å². The fourth-order valence-electron chi connectivity index (χ4n) is 4.18. The first kappa shape index (κ1) is 23.9. The van der Waals surface area contributed by atoms with Crippen molar-refractivity contribution < 1.29 is 34.5 Å². The summed E-state index contributed by atoms with van der Waals surface area (Å²) < 4.78 is 11.0. The van der Waals surface area contributed by atoms with Crippen LogP contribution in [-0.4, -0.2) is 72.6 Å². The van der Waals surface area contributed by atoms with Crippen LogP contribution in [0.3, 0.4) is 0 Å². The van der Waals surface area contributed by atoms with Crippen molar-refractivity contribution in [2.45, 2.75) is 37.4 Å². The summed E-state index contributed by atoms with van der Waals surface area (Å²) in [6.45, 7) is 1.16. The number of ether oxygens (including phenoxy) is 1. The molecular formula is C24H25N5O7. The molecule has 1 aliphatic heterocycles. The number of aromatic amines is 1. The van der Waals surface area contributed by atoms with Gasteiger partial charge >= 0.3 is 6.03 Å². The molecule has 0 saturated carbocycles. The number of anilines is 2. The van der Waals surface area contributed by atoms with Crippen molar-refractivity contribution in [2.75, 3.05) is 17.2 Å². The number of benzene rings is 2. The lowest BCUT2D eigenvalue weighted by molar-refractivity contribution is -0.233. The maximum Gasteiger partial charge on any atom is 0.323 e. The van der Waals surface area contributed by atoms with Gasteiger partial charge in [0.1, 0.15) is 53.2 Å². The molecule has 0 radical (unpaired) electrons. The summed E-state index contributed by atoms with van der Waals surface area (Å²) in [7, 11) is 0. The van der Waals surface area contributed by atoms with E-state index < -0.39 is 43.2 Å². The minimum Gasteiger partial charge on any atom is -0.394 e. The molecule has 4 aromatic rings. The van der Waals surface area contributed by atoms with Gasteiger partial charge in [-0.1, -0.05) is 41.6 Å². The quantitative estimate of drug-likeness (QED) is 0.216. The van der Waals surface area contributed by atoms with Gasteiger partial charge in [-0.25, -0.2) is 9.78 Å². The van der Waals surface area contributed by atoms with Gasteiger partial charge in [-0.2, -0.15) is 0 Å². The summed E-state index contributed by atoms with van der Waals surface area (Å²) in [5.41, 5.74) is 2.97. The number of carbonyl (C=O) groups is 1. The summed E-state index contributed by atoms with van der Waals surface area (Å²) >= 11 is 0. The fraction of sp³-hybridized carbons (Fsp3) is 0.292. The summed E-state index contributed by atoms with van der Waals surface area (Å²) in [6.07, 6.45) is -6.72. The zero-order chi connectivity index (χ0) is 25.4. The van der Waals surface area contributed by atoms with E-state index in [1.165, 1.54) is 0 Å². The molecule has 12 heteroatoms. The third kappa shape index (κ3) is 4.32. The van der Waals surface area contributed by atoms with Gasteiger partial charge in [0.2, 0.25) is 0 Å². The number of aromatic nitrogens is 3. The second-order valence-electron chi connectivity index (χ2n) is 8.49. The Kier molecular flexibility index (Phi) is 6.43. The molecule has 1 saturated heterocycles. The lowest BCUT2D eigenvalue weighted by Crippen LogP contribution is -2.55. The van der Waals surface area contributed by atoms with E-state index in [1.807, 2.05) is 30.3 Å². The van der Waals surface area contributed by atoms with Gasteiger partial charge in [-0.05, 0) is 19.1 Å². The number of aryl methyl sites for hydroxylation is 1. The molecule has 188 valence electrons. The number of urea groups is 1. The van der Waals surface area contributed by atoms with Crippen molar-refractivity contribution >= 4 is 28.4 Å². The van der Waals surface area contributed by atoms with E-state index in [0.29, 0.717) is 33.9 Å². The first-order valence-electron chi connectivity index (χ1n) is 11.3. The molecule has 12 nitrogen and oxygen atoms in total. The number of carbonyl (C=O) groups excluding carboxylic acids is 1. The minimum absolute atomic E-state index is 0.165. The minimum atomic E-state index is -1.54. The van der Waals surface area contributed by atoms with E-state index in [9.17, 15) is 25.2 Å². The molecule has 2 aromatic carbocycles. The number of amides is 2. The second kappa shape index (κ2) is 9.68. The highest BCUT2D eigenvalue weighted by molar-refractivity contribution is 6.06. The van der Waals surface area contributed by atoms with Crippen molar-refractivity contribution in [1.82, 2.24) is 15.1 Å². The molecule has 5 rings (SSSR count). The van der Waals surface area contributed by atoms with Crippen LogP contribution in [0.15, 0.2) is 53.1 Å². The Morgan fingerprint density at radius 3 is 2.56 bits per heavy atom. The Morgan fingerprint density at radius 1 is 1.03 bits per heavy atom. The monoisotopic (exact) mass is 495 g/mol. The lowest BCUT2D eigenvalue weighted by atomic mass is 9.95. The average Bonchev–Trinajstić information content (AvgIpc) is 3.48. The molecule has 1 fully saturated rings. The molecule has 36 heavy (non-hydrogen) atoms. The van der Waals surface area contributed by atoms with E-state index in [0.717, 1.165) is 5.56 Å². The smallest absolute Gasteiger partial charge is 0.323 e. The number of H-pyrrole nitrogens is 1. The fourth-order valence-corrected chi connectivity index (χ4v) is 4.18. The summed E-state index contributed by atoms with van der Waals surface area (Å²) in [5, 5.41) is 49.5. The van der Waals surface area contributed by atoms with Gasteiger partial charge in [-0.3, -0.25) is 0 Å². The number of fused-ring (bicyclic) bond motifs is 1. The van der Waals surface area contributed by atoms with Crippen molar-refractivity contribution in [3.63, 3.8) is 0 Å². The van der Waals surface area contributed by atoms with Crippen LogP contribution in [0.5, 0.6) is 0 Å². The Balaban J connectivity index is 1.39. The third-order valence-electron chi connectivity index (χ3n) is 6.08. The van der Waals surface area contributed by atoms with Crippen LogP contribution in [0.25, 0.3) is 22.4 Å². The number of aliphatic hydroxyl groups is 4. The molecule has 0 spiro atoms. The molecule has 2 aromatic heterocycles. The van der Waals surface area contributed by atoms with E-state index in [-0.39, 0.29) is 5.82 Å². The second-order valence-corrected chi connectivity index (χ2v) is 8.49. The molecule has 0 bridgehead atoms. The van der Waals surface area contributed by atoms with Gasteiger partial charge in [0.15, 0.2) is 5.76 Å². The predicted molar refractivity (Wildman–Crippen MR) is 128 cm³/mol. The largest absolute Gasteiger partial charge is 0.394 e. The maximum absolute atomic E-state index is 12.9. The van der Waals surface area contributed by atoms with Gasteiger partial charge in [0, 0.05) is 5.56 Å². The van der Waals surface area contributed by atoms with Crippen molar-refractivity contribution in [2.24, 2.45) is 0 Å². The average molecular weight is 495 g/mol. The van der Waals surface area contributed by atoms with Crippen LogP contribution in [0.4, 0.5) is 16.2 Å². The number of aliphatic hydroxyl groups excluding tert-OH is 4. The standard InChI is InChI=1S/C24H25N5O7/c1-11-16(21(36-29-11)12-6-3-2-4-7-12)28-24(34)26-14-9-5-8-13-17(14)27-23(25-13)22-20(33)19(32)18(31)15(10-30)35-22/h2-9,15,18-20,22,30-33H,10H2,1H3,(H,25,27)(H2,26,28,34)/t15-,18-,19+,20-,22-/m1/s1. The molecule has 1 aliphatic rings. The number of imidazole rings is 1. The normalized spacial score (nSPS) is 24.1. The predicted octanol–water partition coefficient (Wildman–Crippen LogP) is 1.69. The number of hydrogen-bond acceptors (Lipinski definition) is 9. The molecule has 5 atom stereocenters. The van der Waals surface area contributed by atoms with E-state index in [2.05, 4.69) is 25.8 Å². The zero-order valence-electron chi connectivity index (χ0n) is 19.1. The SMILES string of the molecule is Cc1noc(-c2ccccc2)c1NC(=O)Nc1cccc2[nH]c([C@@H]3O[C@H](CO)[C@@H](O)[C@H](O)[C@H]3O)nc12. The van der Waals surface area contributed by atoms with Crippen LogP contribution in [0, 0.1) is 6.92 Å². The van der Waals surface area contributed by atoms with E-state index in [4.69, 9.17) is 9.26 Å². The Hall–Kier alpha value is -3.81. The van der Waals surface area contributed by atoms with E-state index in [1.54, 1.807) is 25.1 Å². The molecule has 0 aliphatic carbocycles. The summed E-state index contributed by atoms with van der Waals surface area (Å²) in [6, 6.07) is 13.8.